The summed E-state index contributed by atoms with van der Waals surface area (Å²) in [4.78, 5) is 0. The van der Waals surface area contributed by atoms with E-state index in [0.29, 0.717) is 6.61 Å². The van der Waals surface area contributed by atoms with Gasteiger partial charge in [-0.3, -0.25) is 0 Å². The van der Waals surface area contributed by atoms with Gasteiger partial charge in [-0.25, -0.2) is 0 Å². The first-order valence-electron chi connectivity index (χ1n) is 5.82. The molecule has 0 aliphatic heterocycles. The number of ether oxygens (including phenoxy) is 1. The SMILES string of the molecule is C=C(CC)CC(N)c1ccc(OCC)cc1. The van der Waals surface area contributed by atoms with E-state index in [9.17, 15) is 0 Å². The molecule has 2 nitrogen and oxygen atoms in total. The molecule has 1 aromatic carbocycles. The average Bonchev–Trinajstić information content (AvgIpc) is 2.30. The third-order valence-electron chi connectivity index (χ3n) is 2.63. The lowest BCUT2D eigenvalue weighted by Crippen LogP contribution is -2.10. The van der Waals surface area contributed by atoms with Crippen LogP contribution in [0.4, 0.5) is 0 Å². The fourth-order valence-electron chi connectivity index (χ4n) is 1.55. The molecule has 2 heteroatoms. The summed E-state index contributed by atoms with van der Waals surface area (Å²) in [5, 5.41) is 0. The molecule has 0 radical (unpaired) electrons. The Hall–Kier alpha value is -1.28. The number of nitrogens with two attached hydrogens (primary N) is 1. The highest BCUT2D eigenvalue weighted by atomic mass is 16.5. The van der Waals surface area contributed by atoms with Crippen molar-refractivity contribution in [1.29, 1.82) is 0 Å². The first-order chi connectivity index (χ1) is 7.67. The van der Waals surface area contributed by atoms with Crippen LogP contribution >= 0.6 is 0 Å². The molecular formula is C14H21NO. The van der Waals surface area contributed by atoms with Gasteiger partial charge in [0, 0.05) is 6.04 Å². The highest BCUT2D eigenvalue weighted by Crippen LogP contribution is 2.21. The molecule has 0 aromatic heterocycles. The van der Waals surface area contributed by atoms with Crippen molar-refractivity contribution in [2.75, 3.05) is 6.61 Å². The zero-order chi connectivity index (χ0) is 12.0. The fraction of sp³-hybridized carbons (Fsp3) is 0.429. The highest BCUT2D eigenvalue weighted by Gasteiger charge is 2.06. The van der Waals surface area contributed by atoms with Crippen LogP contribution in [0.1, 0.15) is 38.3 Å². The molecule has 0 heterocycles. The van der Waals surface area contributed by atoms with Gasteiger partial charge in [-0.05, 0) is 37.5 Å². The van der Waals surface area contributed by atoms with Crippen LogP contribution in [0.5, 0.6) is 5.75 Å². The molecule has 1 rings (SSSR count). The number of benzene rings is 1. The van der Waals surface area contributed by atoms with Crippen molar-refractivity contribution in [3.63, 3.8) is 0 Å². The molecule has 0 aliphatic rings. The van der Waals surface area contributed by atoms with E-state index in [1.165, 1.54) is 5.57 Å². The molecule has 0 spiro atoms. The Kier molecular flexibility index (Phi) is 5.06. The molecule has 0 bridgehead atoms. The molecule has 1 aromatic rings. The van der Waals surface area contributed by atoms with Gasteiger partial charge in [0.05, 0.1) is 6.61 Å². The van der Waals surface area contributed by atoms with Crippen LogP contribution in [0.25, 0.3) is 0 Å². The Morgan fingerprint density at radius 1 is 1.31 bits per heavy atom. The first kappa shape index (κ1) is 12.8. The second-order valence-corrected chi connectivity index (χ2v) is 3.92. The monoisotopic (exact) mass is 219 g/mol. The van der Waals surface area contributed by atoms with Gasteiger partial charge >= 0.3 is 0 Å². The third-order valence-corrected chi connectivity index (χ3v) is 2.63. The van der Waals surface area contributed by atoms with Crippen molar-refractivity contribution >= 4 is 0 Å². The lowest BCUT2D eigenvalue weighted by Gasteiger charge is -2.13. The van der Waals surface area contributed by atoms with Crippen LogP contribution in [0.15, 0.2) is 36.4 Å². The van der Waals surface area contributed by atoms with Crippen LogP contribution < -0.4 is 10.5 Å². The maximum Gasteiger partial charge on any atom is 0.119 e. The Balaban J connectivity index is 2.62. The highest BCUT2D eigenvalue weighted by molar-refractivity contribution is 5.29. The second-order valence-electron chi connectivity index (χ2n) is 3.92. The summed E-state index contributed by atoms with van der Waals surface area (Å²) in [5.41, 5.74) is 8.43. The van der Waals surface area contributed by atoms with Crippen LogP contribution in [-0.2, 0) is 0 Å². The van der Waals surface area contributed by atoms with Gasteiger partial charge in [0.15, 0.2) is 0 Å². The van der Waals surface area contributed by atoms with Gasteiger partial charge in [-0.1, -0.05) is 31.2 Å². The molecule has 0 saturated heterocycles. The van der Waals surface area contributed by atoms with Gasteiger partial charge in [0.1, 0.15) is 5.75 Å². The minimum atomic E-state index is 0.0446. The summed E-state index contributed by atoms with van der Waals surface area (Å²) in [7, 11) is 0. The molecule has 2 N–H and O–H groups in total. The Bertz CT molecular complexity index is 329. The van der Waals surface area contributed by atoms with E-state index >= 15 is 0 Å². The predicted molar refractivity (Wildman–Crippen MR) is 68.6 cm³/mol. The molecule has 0 saturated carbocycles. The van der Waals surface area contributed by atoms with E-state index in [2.05, 4.69) is 13.5 Å². The molecule has 0 amide bonds. The summed E-state index contributed by atoms with van der Waals surface area (Å²) in [6.45, 7) is 8.75. The molecule has 88 valence electrons. The largest absolute Gasteiger partial charge is 0.494 e. The molecule has 16 heavy (non-hydrogen) atoms. The molecule has 1 atom stereocenters. The summed E-state index contributed by atoms with van der Waals surface area (Å²) >= 11 is 0. The topological polar surface area (TPSA) is 35.2 Å². The zero-order valence-electron chi connectivity index (χ0n) is 10.2. The van der Waals surface area contributed by atoms with Crippen molar-refractivity contribution in [1.82, 2.24) is 0 Å². The van der Waals surface area contributed by atoms with E-state index in [1.807, 2.05) is 31.2 Å². The summed E-state index contributed by atoms with van der Waals surface area (Å²) in [5.74, 6) is 0.896. The van der Waals surface area contributed by atoms with Gasteiger partial charge in [0.2, 0.25) is 0 Å². The van der Waals surface area contributed by atoms with Crippen LogP contribution in [-0.4, -0.2) is 6.61 Å². The van der Waals surface area contributed by atoms with Crippen LogP contribution in [0.3, 0.4) is 0 Å². The molecular weight excluding hydrogens is 198 g/mol. The van der Waals surface area contributed by atoms with Crippen molar-refractivity contribution in [2.24, 2.45) is 5.73 Å². The van der Waals surface area contributed by atoms with Crippen molar-refractivity contribution in [2.45, 2.75) is 32.7 Å². The minimum absolute atomic E-state index is 0.0446. The van der Waals surface area contributed by atoms with Crippen molar-refractivity contribution in [3.05, 3.63) is 42.0 Å². The van der Waals surface area contributed by atoms with Crippen LogP contribution in [0.2, 0.25) is 0 Å². The fourth-order valence-corrected chi connectivity index (χ4v) is 1.55. The summed E-state index contributed by atoms with van der Waals surface area (Å²) in [6.07, 6.45) is 1.84. The quantitative estimate of drug-likeness (QED) is 0.744. The molecule has 0 fully saturated rings. The van der Waals surface area contributed by atoms with E-state index < -0.39 is 0 Å². The molecule has 1 unspecified atom stereocenters. The van der Waals surface area contributed by atoms with Crippen molar-refractivity contribution < 1.29 is 4.74 Å². The Morgan fingerprint density at radius 3 is 2.44 bits per heavy atom. The Morgan fingerprint density at radius 2 is 1.94 bits per heavy atom. The van der Waals surface area contributed by atoms with Gasteiger partial charge in [-0.2, -0.15) is 0 Å². The van der Waals surface area contributed by atoms with Gasteiger partial charge < -0.3 is 10.5 Å². The number of hydrogen-bond donors (Lipinski definition) is 1. The summed E-state index contributed by atoms with van der Waals surface area (Å²) < 4.78 is 5.38. The number of rotatable bonds is 6. The Labute approximate surface area is 98.1 Å². The minimum Gasteiger partial charge on any atom is -0.494 e. The standard InChI is InChI=1S/C14H21NO/c1-4-11(3)10-14(15)12-6-8-13(9-7-12)16-5-2/h6-9,14H,3-5,10,15H2,1-2H3. The van der Waals surface area contributed by atoms with E-state index in [1.54, 1.807) is 0 Å². The maximum absolute atomic E-state index is 6.09. The first-order valence-corrected chi connectivity index (χ1v) is 5.82. The number of hydrogen-bond acceptors (Lipinski definition) is 2. The zero-order valence-corrected chi connectivity index (χ0v) is 10.2. The normalized spacial score (nSPS) is 12.2. The van der Waals surface area contributed by atoms with Crippen molar-refractivity contribution in [3.8, 4) is 5.75 Å². The summed E-state index contributed by atoms with van der Waals surface area (Å²) in [6, 6.07) is 8.03. The lowest BCUT2D eigenvalue weighted by atomic mass is 9.99. The van der Waals surface area contributed by atoms with E-state index in [-0.39, 0.29) is 6.04 Å². The van der Waals surface area contributed by atoms with E-state index in [4.69, 9.17) is 10.5 Å². The van der Waals surface area contributed by atoms with Crippen LogP contribution in [0, 0.1) is 0 Å². The van der Waals surface area contributed by atoms with Gasteiger partial charge in [-0.15, -0.1) is 0 Å². The molecule has 0 aliphatic carbocycles. The van der Waals surface area contributed by atoms with Gasteiger partial charge in [0.25, 0.3) is 0 Å². The lowest BCUT2D eigenvalue weighted by molar-refractivity contribution is 0.340. The second kappa shape index (κ2) is 6.33. The van der Waals surface area contributed by atoms with E-state index in [0.717, 1.165) is 24.2 Å². The smallest absolute Gasteiger partial charge is 0.119 e. The predicted octanol–water partition coefficient (Wildman–Crippen LogP) is 3.44. The third kappa shape index (κ3) is 3.70. The average molecular weight is 219 g/mol. The maximum atomic E-state index is 6.09.